The lowest BCUT2D eigenvalue weighted by Gasteiger charge is -2.25. The Morgan fingerprint density at radius 3 is 2.08 bits per heavy atom. The van der Waals surface area contributed by atoms with Crippen LogP contribution in [0.25, 0.3) is 0 Å². The first-order valence-electron chi connectivity index (χ1n) is 4.16. The highest BCUT2D eigenvalue weighted by atomic mass is 16.7. The van der Waals surface area contributed by atoms with E-state index in [1.165, 1.54) is 0 Å². The van der Waals surface area contributed by atoms with E-state index in [2.05, 4.69) is 4.74 Å². The summed E-state index contributed by atoms with van der Waals surface area (Å²) in [7, 11) is 0. The van der Waals surface area contributed by atoms with Crippen LogP contribution in [0.4, 0.5) is 0 Å². The zero-order chi connectivity index (χ0) is 10.6. The van der Waals surface area contributed by atoms with Crippen molar-refractivity contribution >= 4 is 5.97 Å². The van der Waals surface area contributed by atoms with Gasteiger partial charge in [0.1, 0.15) is 0 Å². The second-order valence-electron chi connectivity index (χ2n) is 3.18. The maximum atomic E-state index is 11.0. The molecule has 1 unspecified atom stereocenters. The molecule has 0 aliphatic carbocycles. The maximum absolute atomic E-state index is 11.0. The Morgan fingerprint density at radius 1 is 1.38 bits per heavy atom. The molecule has 0 aromatic rings. The van der Waals surface area contributed by atoms with Crippen molar-refractivity contribution < 1.29 is 24.9 Å². The summed E-state index contributed by atoms with van der Waals surface area (Å²) >= 11 is 0. The normalized spacial score (nSPS) is 14.4. The van der Waals surface area contributed by atoms with Crippen LogP contribution in [0.3, 0.4) is 0 Å². The molecule has 0 aromatic carbocycles. The summed E-state index contributed by atoms with van der Waals surface area (Å²) in [5, 5.41) is 26.2. The summed E-state index contributed by atoms with van der Waals surface area (Å²) in [6.45, 7) is 4.79. The monoisotopic (exact) mass is 192 g/mol. The van der Waals surface area contributed by atoms with Gasteiger partial charge in [-0.2, -0.15) is 0 Å². The highest BCUT2D eigenvalue weighted by molar-refractivity contribution is 5.71. The number of hydrogen-bond acceptors (Lipinski definition) is 5. The van der Waals surface area contributed by atoms with Gasteiger partial charge in [-0.25, -0.2) is 0 Å². The van der Waals surface area contributed by atoms with E-state index in [0.717, 1.165) is 0 Å². The Morgan fingerprint density at radius 2 is 1.85 bits per heavy atom. The van der Waals surface area contributed by atoms with Gasteiger partial charge in [0.25, 0.3) is 0 Å². The van der Waals surface area contributed by atoms with Crippen molar-refractivity contribution in [1.29, 1.82) is 0 Å². The van der Waals surface area contributed by atoms with Crippen LogP contribution < -0.4 is 0 Å². The molecule has 0 aromatic heterocycles. The Balaban J connectivity index is 4.22. The number of rotatable bonds is 4. The lowest BCUT2D eigenvalue weighted by Crippen LogP contribution is -2.44. The van der Waals surface area contributed by atoms with Crippen molar-refractivity contribution in [2.24, 2.45) is 5.92 Å². The summed E-state index contributed by atoms with van der Waals surface area (Å²) in [6, 6.07) is 0. The fourth-order valence-corrected chi connectivity index (χ4v) is 0.713. The number of esters is 1. The molecule has 3 N–H and O–H groups in total. The molecule has 0 heterocycles. The van der Waals surface area contributed by atoms with Crippen molar-refractivity contribution in [2.45, 2.75) is 39.3 Å². The van der Waals surface area contributed by atoms with Gasteiger partial charge in [-0.15, -0.1) is 0 Å². The Kier molecular flexibility index (Phi) is 4.32. The summed E-state index contributed by atoms with van der Waals surface area (Å²) < 4.78 is 4.64. The molecule has 0 aliphatic heterocycles. The molecular formula is C8H16O5. The molecule has 0 saturated carbocycles. The Labute approximate surface area is 77.0 Å². The van der Waals surface area contributed by atoms with Crippen LogP contribution in [0.1, 0.15) is 27.2 Å². The average molecular weight is 192 g/mol. The van der Waals surface area contributed by atoms with Crippen LogP contribution in [0.15, 0.2) is 0 Å². The standard InChI is InChI=1S/C8H16O5/c1-4-6(8(10,11)12)13-7(9)5(2)3/h5-6,10-12H,4H2,1-3H3. The van der Waals surface area contributed by atoms with Crippen molar-refractivity contribution in [3.05, 3.63) is 0 Å². The van der Waals surface area contributed by atoms with Gasteiger partial charge in [-0.3, -0.25) is 4.79 Å². The first-order chi connectivity index (χ1) is 5.79. The van der Waals surface area contributed by atoms with Gasteiger partial charge < -0.3 is 20.1 Å². The van der Waals surface area contributed by atoms with Gasteiger partial charge in [0.05, 0.1) is 5.92 Å². The van der Waals surface area contributed by atoms with Crippen molar-refractivity contribution in [3.63, 3.8) is 0 Å². The molecule has 13 heavy (non-hydrogen) atoms. The molecular weight excluding hydrogens is 176 g/mol. The lowest BCUT2D eigenvalue weighted by molar-refractivity contribution is -0.356. The first kappa shape index (κ1) is 12.3. The van der Waals surface area contributed by atoms with E-state index < -0.39 is 18.0 Å². The van der Waals surface area contributed by atoms with E-state index in [1.807, 2.05) is 0 Å². The highest BCUT2D eigenvalue weighted by Crippen LogP contribution is 2.13. The summed E-state index contributed by atoms with van der Waals surface area (Å²) in [5.74, 6) is -3.90. The maximum Gasteiger partial charge on any atom is 0.314 e. The van der Waals surface area contributed by atoms with Gasteiger partial charge in [-0.1, -0.05) is 20.8 Å². The van der Waals surface area contributed by atoms with Crippen LogP contribution in [0.5, 0.6) is 0 Å². The van der Waals surface area contributed by atoms with Crippen LogP contribution in [0.2, 0.25) is 0 Å². The van der Waals surface area contributed by atoms with E-state index in [-0.39, 0.29) is 12.3 Å². The quantitative estimate of drug-likeness (QED) is 0.416. The fourth-order valence-electron chi connectivity index (χ4n) is 0.713. The molecule has 78 valence electrons. The van der Waals surface area contributed by atoms with Crippen LogP contribution in [0, 0.1) is 5.92 Å². The van der Waals surface area contributed by atoms with E-state index >= 15 is 0 Å². The number of ether oxygens (including phenoxy) is 1. The SMILES string of the molecule is CCC(OC(=O)C(C)C)C(O)(O)O. The smallest absolute Gasteiger partial charge is 0.314 e. The Bertz CT molecular complexity index is 170. The van der Waals surface area contributed by atoms with Gasteiger partial charge >= 0.3 is 11.9 Å². The van der Waals surface area contributed by atoms with Gasteiger partial charge in [0.2, 0.25) is 0 Å². The minimum atomic E-state index is -2.96. The predicted octanol–water partition coefficient (Wildman–Crippen LogP) is -0.405. The van der Waals surface area contributed by atoms with E-state index in [1.54, 1.807) is 20.8 Å². The lowest BCUT2D eigenvalue weighted by atomic mass is 10.2. The van der Waals surface area contributed by atoms with E-state index in [9.17, 15) is 4.79 Å². The average Bonchev–Trinajstić information content (AvgIpc) is 1.96. The summed E-state index contributed by atoms with van der Waals surface area (Å²) in [6.07, 6.45) is -1.18. The molecule has 0 aliphatic rings. The third kappa shape index (κ3) is 4.21. The predicted molar refractivity (Wildman–Crippen MR) is 44.4 cm³/mol. The molecule has 0 bridgehead atoms. The highest BCUT2D eigenvalue weighted by Gasteiger charge is 2.34. The number of hydrogen-bond donors (Lipinski definition) is 3. The van der Waals surface area contributed by atoms with Gasteiger partial charge in [0.15, 0.2) is 6.10 Å². The molecule has 0 spiro atoms. The zero-order valence-corrected chi connectivity index (χ0v) is 8.02. The van der Waals surface area contributed by atoms with Crippen LogP contribution in [-0.2, 0) is 9.53 Å². The largest absolute Gasteiger partial charge is 0.454 e. The molecule has 0 amide bonds. The molecule has 1 atom stereocenters. The second-order valence-corrected chi connectivity index (χ2v) is 3.18. The number of aliphatic hydroxyl groups is 3. The zero-order valence-electron chi connectivity index (χ0n) is 8.02. The molecule has 0 rings (SSSR count). The fraction of sp³-hybridized carbons (Fsp3) is 0.875. The molecule has 0 radical (unpaired) electrons. The number of carbonyl (C=O) groups is 1. The third-order valence-corrected chi connectivity index (χ3v) is 1.53. The molecule has 0 saturated heterocycles. The van der Waals surface area contributed by atoms with Crippen molar-refractivity contribution in [2.75, 3.05) is 0 Å². The van der Waals surface area contributed by atoms with Crippen LogP contribution >= 0.6 is 0 Å². The third-order valence-electron chi connectivity index (χ3n) is 1.53. The molecule has 5 nitrogen and oxygen atoms in total. The summed E-state index contributed by atoms with van der Waals surface area (Å²) in [4.78, 5) is 11.0. The Hall–Kier alpha value is -0.650. The second kappa shape index (κ2) is 4.55. The van der Waals surface area contributed by atoms with Crippen molar-refractivity contribution in [1.82, 2.24) is 0 Å². The van der Waals surface area contributed by atoms with E-state index in [0.29, 0.717) is 0 Å². The van der Waals surface area contributed by atoms with E-state index in [4.69, 9.17) is 15.3 Å². The van der Waals surface area contributed by atoms with Crippen LogP contribution in [-0.4, -0.2) is 33.4 Å². The minimum Gasteiger partial charge on any atom is -0.454 e. The molecule has 5 heteroatoms. The summed E-state index contributed by atoms with van der Waals surface area (Å²) in [5.41, 5.74) is 0. The molecule has 0 fully saturated rings. The van der Waals surface area contributed by atoms with Gasteiger partial charge in [0, 0.05) is 0 Å². The topological polar surface area (TPSA) is 87.0 Å². The van der Waals surface area contributed by atoms with Crippen molar-refractivity contribution in [3.8, 4) is 0 Å². The van der Waals surface area contributed by atoms with Gasteiger partial charge in [-0.05, 0) is 6.42 Å². The minimum absolute atomic E-state index is 0.127. The number of carbonyl (C=O) groups excluding carboxylic acids is 1. The first-order valence-corrected chi connectivity index (χ1v) is 4.16.